The van der Waals surface area contributed by atoms with Crippen LogP contribution in [0, 0.1) is 0 Å². The largest absolute Gasteiger partial charge is 0.493 e. The van der Waals surface area contributed by atoms with Gasteiger partial charge in [0.2, 0.25) is 5.91 Å². The maximum Gasteiger partial charge on any atom is 0.220 e. The number of benzene rings is 1. The van der Waals surface area contributed by atoms with Crippen molar-refractivity contribution in [3.05, 3.63) is 49.6 Å². The molecule has 0 bridgehead atoms. The molecular formula is C17H15BrClNO3S. The number of hydrogen-bond acceptors (Lipinski definition) is 4. The highest BCUT2D eigenvalue weighted by Crippen LogP contribution is 2.34. The van der Waals surface area contributed by atoms with E-state index in [1.807, 2.05) is 18.2 Å². The highest BCUT2D eigenvalue weighted by Gasteiger charge is 2.23. The predicted molar refractivity (Wildman–Crippen MR) is 98.0 cm³/mol. The third-order valence-corrected chi connectivity index (χ3v) is 5.54. The number of rotatable bonds is 5. The molecule has 1 aromatic heterocycles. The Morgan fingerprint density at radius 3 is 2.88 bits per heavy atom. The molecule has 1 amide bonds. The number of hydrogen-bond donors (Lipinski definition) is 1. The van der Waals surface area contributed by atoms with E-state index in [0.29, 0.717) is 22.2 Å². The van der Waals surface area contributed by atoms with Crippen LogP contribution in [0.15, 0.2) is 34.8 Å². The molecule has 1 atom stereocenters. The summed E-state index contributed by atoms with van der Waals surface area (Å²) in [6.45, 7) is 0.562. The molecule has 0 aliphatic carbocycles. The van der Waals surface area contributed by atoms with E-state index in [1.165, 1.54) is 11.3 Å². The summed E-state index contributed by atoms with van der Waals surface area (Å²) in [5.74, 6) is 0.597. The van der Waals surface area contributed by atoms with Gasteiger partial charge in [-0.25, -0.2) is 0 Å². The van der Waals surface area contributed by atoms with Crippen LogP contribution in [-0.2, 0) is 4.79 Å². The van der Waals surface area contributed by atoms with Crippen LogP contribution in [0.1, 0.15) is 40.5 Å². The Balaban J connectivity index is 1.58. The van der Waals surface area contributed by atoms with E-state index >= 15 is 0 Å². The number of carbonyl (C=O) groups excluding carboxylic acids is 2. The SMILES string of the molecule is O=C(CCC(=O)c1ccc(Cl)s1)NC1CCOc2ccc(Br)cc21. The van der Waals surface area contributed by atoms with Gasteiger partial charge in [-0.3, -0.25) is 9.59 Å². The average Bonchev–Trinajstić information content (AvgIpc) is 3.00. The van der Waals surface area contributed by atoms with Crippen molar-refractivity contribution in [3.8, 4) is 5.75 Å². The molecule has 0 saturated carbocycles. The van der Waals surface area contributed by atoms with Crippen molar-refractivity contribution < 1.29 is 14.3 Å². The molecule has 1 aromatic carbocycles. The number of ether oxygens (including phenoxy) is 1. The molecule has 1 aliphatic heterocycles. The number of thiophene rings is 1. The fourth-order valence-electron chi connectivity index (χ4n) is 2.60. The van der Waals surface area contributed by atoms with Gasteiger partial charge < -0.3 is 10.1 Å². The van der Waals surface area contributed by atoms with Crippen molar-refractivity contribution in [2.24, 2.45) is 0 Å². The van der Waals surface area contributed by atoms with E-state index in [9.17, 15) is 9.59 Å². The van der Waals surface area contributed by atoms with Gasteiger partial charge in [-0.05, 0) is 30.3 Å². The molecule has 2 heterocycles. The predicted octanol–water partition coefficient (Wildman–Crippen LogP) is 4.77. The number of amides is 1. The first-order chi connectivity index (χ1) is 11.5. The Morgan fingerprint density at radius 1 is 1.29 bits per heavy atom. The molecule has 1 unspecified atom stereocenters. The lowest BCUT2D eigenvalue weighted by molar-refractivity contribution is -0.122. The maximum absolute atomic E-state index is 12.2. The zero-order chi connectivity index (χ0) is 17.1. The van der Waals surface area contributed by atoms with Gasteiger partial charge in [0.05, 0.1) is 21.9 Å². The van der Waals surface area contributed by atoms with E-state index in [2.05, 4.69) is 21.2 Å². The van der Waals surface area contributed by atoms with Crippen molar-refractivity contribution in [3.63, 3.8) is 0 Å². The molecule has 1 aliphatic rings. The summed E-state index contributed by atoms with van der Waals surface area (Å²) in [5, 5.41) is 3.00. The van der Waals surface area contributed by atoms with Crippen molar-refractivity contribution in [1.29, 1.82) is 0 Å². The molecule has 0 saturated heterocycles. The lowest BCUT2D eigenvalue weighted by atomic mass is 10.0. The highest BCUT2D eigenvalue weighted by molar-refractivity contribution is 9.10. The lowest BCUT2D eigenvalue weighted by Crippen LogP contribution is -2.32. The second-order valence-corrected chi connectivity index (χ2v) is 8.10. The molecule has 0 spiro atoms. The van der Waals surface area contributed by atoms with Gasteiger partial charge in [-0.2, -0.15) is 0 Å². The summed E-state index contributed by atoms with van der Waals surface area (Å²) in [5.41, 5.74) is 0.959. The molecule has 126 valence electrons. The van der Waals surface area contributed by atoms with E-state index in [4.69, 9.17) is 16.3 Å². The van der Waals surface area contributed by atoms with E-state index in [0.717, 1.165) is 15.8 Å². The standard InChI is InChI=1S/C17H15BrClNO3S/c18-10-1-3-14-11(9-10)12(7-8-23-14)20-17(22)6-2-13(21)15-4-5-16(19)24-15/h1,3-5,9,12H,2,6-8H2,(H,20,22). The second-order valence-electron chi connectivity index (χ2n) is 5.47. The normalized spacial score (nSPS) is 16.2. The van der Waals surface area contributed by atoms with Gasteiger partial charge in [0, 0.05) is 29.3 Å². The average molecular weight is 429 g/mol. The first kappa shape index (κ1) is 17.5. The molecule has 1 N–H and O–H groups in total. The summed E-state index contributed by atoms with van der Waals surface area (Å²) in [6, 6.07) is 9.05. The van der Waals surface area contributed by atoms with Crippen LogP contribution in [-0.4, -0.2) is 18.3 Å². The summed E-state index contributed by atoms with van der Waals surface area (Å²) in [4.78, 5) is 24.8. The van der Waals surface area contributed by atoms with Crippen LogP contribution >= 0.6 is 38.9 Å². The molecule has 24 heavy (non-hydrogen) atoms. The minimum atomic E-state index is -0.135. The van der Waals surface area contributed by atoms with Crippen LogP contribution < -0.4 is 10.1 Å². The Bertz CT molecular complexity index is 777. The van der Waals surface area contributed by atoms with Crippen molar-refractivity contribution >= 4 is 50.6 Å². The molecule has 2 aromatic rings. The monoisotopic (exact) mass is 427 g/mol. The Kier molecular flexibility index (Phi) is 5.58. The van der Waals surface area contributed by atoms with Crippen LogP contribution in [0.4, 0.5) is 0 Å². The lowest BCUT2D eigenvalue weighted by Gasteiger charge is -2.27. The molecule has 0 fully saturated rings. The smallest absolute Gasteiger partial charge is 0.220 e. The zero-order valence-corrected chi connectivity index (χ0v) is 15.8. The fourth-order valence-corrected chi connectivity index (χ4v) is 3.99. The number of carbonyl (C=O) groups is 2. The van der Waals surface area contributed by atoms with Gasteiger partial charge in [-0.15, -0.1) is 11.3 Å². The van der Waals surface area contributed by atoms with Gasteiger partial charge in [0.15, 0.2) is 5.78 Å². The number of fused-ring (bicyclic) bond motifs is 1. The summed E-state index contributed by atoms with van der Waals surface area (Å²) in [7, 11) is 0. The van der Waals surface area contributed by atoms with Gasteiger partial charge in [0.1, 0.15) is 5.75 Å². The minimum absolute atomic E-state index is 0.0582. The molecule has 4 nitrogen and oxygen atoms in total. The van der Waals surface area contributed by atoms with Gasteiger partial charge in [-0.1, -0.05) is 27.5 Å². The third-order valence-electron chi connectivity index (χ3n) is 3.77. The highest BCUT2D eigenvalue weighted by atomic mass is 79.9. The molecule has 3 rings (SSSR count). The van der Waals surface area contributed by atoms with E-state index < -0.39 is 0 Å². The van der Waals surface area contributed by atoms with E-state index in [1.54, 1.807) is 12.1 Å². The molecular weight excluding hydrogens is 414 g/mol. The summed E-state index contributed by atoms with van der Waals surface area (Å²) < 4.78 is 7.13. The maximum atomic E-state index is 12.2. The number of nitrogens with one attached hydrogen (secondary N) is 1. The topological polar surface area (TPSA) is 55.4 Å². The Morgan fingerprint density at radius 2 is 2.12 bits per heavy atom. The molecule has 7 heteroatoms. The number of halogens is 2. The summed E-state index contributed by atoms with van der Waals surface area (Å²) >= 11 is 10.5. The third kappa shape index (κ3) is 4.18. The quantitative estimate of drug-likeness (QED) is 0.698. The second kappa shape index (κ2) is 7.68. The van der Waals surface area contributed by atoms with Crippen molar-refractivity contribution in [1.82, 2.24) is 5.32 Å². The number of Topliss-reactive ketones (excluding diaryl/α,β-unsaturated/α-hetero) is 1. The van der Waals surface area contributed by atoms with Crippen LogP contribution in [0.25, 0.3) is 0 Å². The van der Waals surface area contributed by atoms with Crippen LogP contribution in [0.2, 0.25) is 4.34 Å². The minimum Gasteiger partial charge on any atom is -0.493 e. The van der Waals surface area contributed by atoms with Gasteiger partial charge >= 0.3 is 0 Å². The fraction of sp³-hybridized carbons (Fsp3) is 0.294. The first-order valence-corrected chi connectivity index (χ1v) is 9.52. The van der Waals surface area contributed by atoms with Gasteiger partial charge in [0.25, 0.3) is 0 Å². The zero-order valence-electron chi connectivity index (χ0n) is 12.7. The first-order valence-electron chi connectivity index (χ1n) is 7.53. The van der Waals surface area contributed by atoms with E-state index in [-0.39, 0.29) is 30.6 Å². The van der Waals surface area contributed by atoms with Crippen molar-refractivity contribution in [2.45, 2.75) is 25.3 Å². The van der Waals surface area contributed by atoms with Crippen LogP contribution in [0.3, 0.4) is 0 Å². The Hall–Kier alpha value is -1.37. The van der Waals surface area contributed by atoms with Crippen molar-refractivity contribution in [2.75, 3.05) is 6.61 Å². The number of ketones is 1. The van der Waals surface area contributed by atoms with Crippen LogP contribution in [0.5, 0.6) is 5.75 Å². The Labute approximate surface area is 157 Å². The summed E-state index contributed by atoms with van der Waals surface area (Å²) in [6.07, 6.45) is 1.05. The molecule has 0 radical (unpaired) electrons.